The summed E-state index contributed by atoms with van der Waals surface area (Å²) >= 11 is 0. The summed E-state index contributed by atoms with van der Waals surface area (Å²) in [6.45, 7) is 3.14. The molecule has 2 aliphatic heterocycles. The minimum absolute atomic E-state index is 0.000232. The van der Waals surface area contributed by atoms with Gasteiger partial charge in [0.25, 0.3) is 5.91 Å². The number of piperidine rings is 1. The number of aryl methyl sites for hydroxylation is 1. The van der Waals surface area contributed by atoms with Gasteiger partial charge in [-0.15, -0.1) is 0 Å². The molecule has 3 fully saturated rings. The van der Waals surface area contributed by atoms with Gasteiger partial charge >= 0.3 is 0 Å². The van der Waals surface area contributed by atoms with Gasteiger partial charge in [0.05, 0.1) is 18.3 Å². The number of nitrogens with zero attached hydrogens (tertiary/aromatic N) is 8. The molecule has 0 spiro atoms. The van der Waals surface area contributed by atoms with Crippen LogP contribution >= 0.6 is 0 Å². The van der Waals surface area contributed by atoms with Crippen LogP contribution in [0.2, 0.25) is 0 Å². The van der Waals surface area contributed by atoms with Crippen molar-refractivity contribution in [3.05, 3.63) is 60.6 Å². The van der Waals surface area contributed by atoms with Crippen molar-refractivity contribution in [1.29, 1.82) is 0 Å². The lowest BCUT2D eigenvalue weighted by Gasteiger charge is -2.39. The molecule has 11 nitrogen and oxygen atoms in total. The second-order valence-electron chi connectivity index (χ2n) is 11.9. The monoisotopic (exact) mass is 563 g/mol. The van der Waals surface area contributed by atoms with Gasteiger partial charge in [0.15, 0.2) is 5.82 Å². The fourth-order valence-corrected chi connectivity index (χ4v) is 7.27. The third-order valence-corrected chi connectivity index (χ3v) is 9.44. The summed E-state index contributed by atoms with van der Waals surface area (Å²) in [4.78, 5) is 36.5. The Morgan fingerprint density at radius 3 is 2.57 bits per heavy atom. The van der Waals surface area contributed by atoms with Gasteiger partial charge in [0, 0.05) is 80.8 Å². The van der Waals surface area contributed by atoms with Crippen molar-refractivity contribution in [1.82, 2.24) is 34.0 Å². The zero-order valence-corrected chi connectivity index (χ0v) is 23.7. The van der Waals surface area contributed by atoms with E-state index in [1.807, 2.05) is 42.4 Å². The van der Waals surface area contributed by atoms with E-state index in [-0.39, 0.29) is 18.0 Å². The maximum Gasteiger partial charge on any atom is 0.254 e. The van der Waals surface area contributed by atoms with E-state index >= 15 is 0 Å². The lowest BCUT2D eigenvalue weighted by Crippen LogP contribution is -2.49. The summed E-state index contributed by atoms with van der Waals surface area (Å²) in [6, 6.07) is 11.9. The molecular weight excluding hydrogens is 530 g/mol. The van der Waals surface area contributed by atoms with Crippen molar-refractivity contribution in [2.75, 3.05) is 31.6 Å². The van der Waals surface area contributed by atoms with E-state index in [2.05, 4.69) is 41.1 Å². The summed E-state index contributed by atoms with van der Waals surface area (Å²) < 4.78 is 10.3. The lowest BCUT2D eigenvalue weighted by molar-refractivity contribution is 0.0700. The number of ether oxygens (including phenoxy) is 1. The summed E-state index contributed by atoms with van der Waals surface area (Å²) in [6.07, 6.45) is 7.42. The highest BCUT2D eigenvalue weighted by Gasteiger charge is 2.47. The highest BCUT2D eigenvalue weighted by Crippen LogP contribution is 2.40. The zero-order valence-electron chi connectivity index (χ0n) is 23.7. The Morgan fingerprint density at radius 2 is 1.86 bits per heavy atom. The number of likely N-dealkylation sites (tertiary alicyclic amines) is 1. The maximum atomic E-state index is 13.8. The van der Waals surface area contributed by atoms with Gasteiger partial charge in [-0.05, 0) is 55.2 Å². The summed E-state index contributed by atoms with van der Waals surface area (Å²) in [7, 11) is 3.68. The first-order valence-corrected chi connectivity index (χ1v) is 14.6. The molecule has 0 radical (unpaired) electrons. The molecule has 3 aliphatic rings. The maximum absolute atomic E-state index is 13.8. The van der Waals surface area contributed by atoms with Crippen LogP contribution in [0.15, 0.2) is 55.0 Å². The fourth-order valence-electron chi connectivity index (χ4n) is 7.27. The van der Waals surface area contributed by atoms with Gasteiger partial charge in [-0.2, -0.15) is 0 Å². The number of fused-ring (bicyclic) bond motifs is 4. The first-order valence-electron chi connectivity index (χ1n) is 14.6. The Labute approximate surface area is 242 Å². The zero-order chi connectivity index (χ0) is 28.5. The normalized spacial score (nSPS) is 21.9. The molecule has 1 aliphatic carbocycles. The molecule has 5 aromatic rings. The van der Waals surface area contributed by atoms with E-state index in [9.17, 15) is 4.79 Å². The number of anilines is 1. The Kier molecular flexibility index (Phi) is 5.72. The molecule has 1 saturated carbocycles. The summed E-state index contributed by atoms with van der Waals surface area (Å²) in [5, 5.41) is 1.05. The SMILES string of the molecule is COc1cc(C(=O)N2C[C@H]3CC[C@@H]2[C@@H]3N)cc2nc(-c3cc4cccnc4n3C)n(CC3CN(c4ncccn4)C3)c12. The Bertz CT molecular complexity index is 1820. The van der Waals surface area contributed by atoms with Gasteiger partial charge in [0.2, 0.25) is 5.95 Å². The smallest absolute Gasteiger partial charge is 0.254 e. The Balaban J connectivity index is 1.21. The Morgan fingerprint density at radius 1 is 1.05 bits per heavy atom. The van der Waals surface area contributed by atoms with Gasteiger partial charge in [-0.3, -0.25) is 4.79 Å². The number of carbonyl (C=O) groups is 1. The van der Waals surface area contributed by atoms with Crippen molar-refractivity contribution >= 4 is 33.9 Å². The van der Waals surface area contributed by atoms with Crippen LogP contribution in [-0.2, 0) is 13.6 Å². The fraction of sp³-hybridized carbons (Fsp3) is 0.387. The minimum Gasteiger partial charge on any atom is -0.494 e. The topological polar surface area (TPSA) is 120 Å². The molecule has 2 bridgehead atoms. The van der Waals surface area contributed by atoms with E-state index in [0.717, 1.165) is 78.6 Å². The van der Waals surface area contributed by atoms with Crippen molar-refractivity contribution < 1.29 is 9.53 Å². The van der Waals surface area contributed by atoms with Crippen LogP contribution in [0.3, 0.4) is 0 Å². The van der Waals surface area contributed by atoms with Crippen LogP contribution in [0.1, 0.15) is 23.2 Å². The molecule has 1 amide bonds. The minimum atomic E-state index is 0.000232. The van der Waals surface area contributed by atoms with Gasteiger partial charge in [-0.25, -0.2) is 19.9 Å². The highest BCUT2D eigenvalue weighted by molar-refractivity contribution is 6.00. The Hall–Kier alpha value is -4.51. The number of pyridine rings is 1. The molecule has 8 rings (SSSR count). The number of rotatable bonds is 6. The van der Waals surface area contributed by atoms with Gasteiger partial charge < -0.3 is 29.4 Å². The average Bonchev–Trinajstić information content (AvgIpc) is 3.74. The number of amides is 1. The van der Waals surface area contributed by atoms with E-state index < -0.39 is 0 Å². The van der Waals surface area contributed by atoms with Crippen LogP contribution in [0.4, 0.5) is 5.95 Å². The lowest BCUT2D eigenvalue weighted by atomic mass is 10.0. The molecule has 11 heteroatoms. The van der Waals surface area contributed by atoms with Crippen LogP contribution in [0.5, 0.6) is 5.75 Å². The number of carbonyl (C=O) groups excluding carboxylic acids is 1. The predicted molar refractivity (Wildman–Crippen MR) is 159 cm³/mol. The van der Waals surface area contributed by atoms with Crippen molar-refractivity contribution in [3.63, 3.8) is 0 Å². The van der Waals surface area contributed by atoms with E-state index in [1.54, 1.807) is 19.5 Å². The van der Waals surface area contributed by atoms with Crippen LogP contribution in [-0.4, -0.2) is 78.7 Å². The van der Waals surface area contributed by atoms with E-state index in [4.69, 9.17) is 15.5 Å². The standard InChI is InChI=1S/C31H33N9O2/c1-37-24(12-19-5-3-8-33-28(19)37)29-36-22-11-21(30(41)39-17-20-6-7-23(39)26(20)32)13-25(42-2)27(22)40(29)16-18-14-38(15-18)31-34-9-4-10-35-31/h3-5,8-13,18,20,23,26H,6-7,14-17,32H2,1-2H3/t20-,23-,26-/m1/s1. The molecule has 1 aromatic carbocycles. The number of methoxy groups -OCH3 is 1. The number of hydrogen-bond acceptors (Lipinski definition) is 8. The first kappa shape index (κ1) is 25.2. The van der Waals surface area contributed by atoms with Crippen molar-refractivity contribution in [3.8, 4) is 17.3 Å². The van der Waals surface area contributed by atoms with E-state index in [0.29, 0.717) is 23.1 Å². The van der Waals surface area contributed by atoms with Crippen molar-refractivity contribution in [2.24, 2.45) is 24.6 Å². The van der Waals surface area contributed by atoms with Crippen LogP contribution in [0, 0.1) is 11.8 Å². The van der Waals surface area contributed by atoms with Crippen molar-refractivity contribution in [2.45, 2.75) is 31.5 Å². The first-order chi connectivity index (χ1) is 20.5. The third kappa shape index (κ3) is 3.79. The van der Waals surface area contributed by atoms with Gasteiger partial charge in [0.1, 0.15) is 16.9 Å². The largest absolute Gasteiger partial charge is 0.494 e. The molecule has 6 heterocycles. The number of imidazole rings is 1. The number of aromatic nitrogens is 6. The molecule has 42 heavy (non-hydrogen) atoms. The quantitative estimate of drug-likeness (QED) is 0.335. The summed E-state index contributed by atoms with van der Waals surface area (Å²) in [5.74, 6) is 2.97. The van der Waals surface area contributed by atoms with Crippen LogP contribution < -0.4 is 15.4 Å². The predicted octanol–water partition coefficient (Wildman–Crippen LogP) is 3.09. The third-order valence-electron chi connectivity index (χ3n) is 9.44. The molecular formula is C31H33N9O2. The average molecular weight is 564 g/mol. The summed E-state index contributed by atoms with van der Waals surface area (Å²) in [5.41, 5.74) is 10.5. The molecule has 3 atom stereocenters. The second kappa shape index (κ2) is 9.52. The van der Waals surface area contributed by atoms with Crippen LogP contribution in [0.25, 0.3) is 33.6 Å². The number of hydrogen-bond donors (Lipinski definition) is 1. The molecule has 0 unspecified atom stereocenters. The second-order valence-corrected chi connectivity index (χ2v) is 11.9. The molecule has 2 saturated heterocycles. The van der Waals surface area contributed by atoms with E-state index in [1.165, 1.54) is 0 Å². The molecule has 2 N–H and O–H groups in total. The highest BCUT2D eigenvalue weighted by atomic mass is 16.5. The molecule has 214 valence electrons. The van der Waals surface area contributed by atoms with Gasteiger partial charge in [-0.1, -0.05) is 0 Å². The number of nitrogens with two attached hydrogens (primary N) is 1. The number of benzene rings is 1. The molecule has 4 aromatic heterocycles.